The Hall–Kier alpha value is -1.86. The highest BCUT2D eigenvalue weighted by atomic mass is 32.2. The van der Waals surface area contributed by atoms with Crippen LogP contribution in [0.15, 0.2) is 34.2 Å². The Kier molecular flexibility index (Phi) is 7.66. The van der Waals surface area contributed by atoms with Crippen molar-refractivity contribution >= 4 is 28.6 Å². The molecule has 6 nitrogen and oxygen atoms in total. The van der Waals surface area contributed by atoms with Crippen molar-refractivity contribution in [2.75, 3.05) is 6.61 Å². The van der Waals surface area contributed by atoms with E-state index >= 15 is 0 Å². The van der Waals surface area contributed by atoms with Gasteiger partial charge in [0, 0.05) is 18.7 Å². The zero-order valence-electron chi connectivity index (χ0n) is 17.6. The van der Waals surface area contributed by atoms with Crippen LogP contribution in [0.1, 0.15) is 48.0 Å². The number of ether oxygens (including phenoxy) is 1. The zero-order valence-corrected chi connectivity index (χ0v) is 18.4. The molecular formula is C21H31N3O3S. The van der Waals surface area contributed by atoms with Crippen molar-refractivity contribution in [2.45, 2.75) is 76.6 Å². The van der Waals surface area contributed by atoms with Gasteiger partial charge in [0.05, 0.1) is 22.3 Å². The third-order valence-electron chi connectivity index (χ3n) is 3.95. The van der Waals surface area contributed by atoms with Gasteiger partial charge in [-0.1, -0.05) is 23.9 Å². The third kappa shape index (κ3) is 6.34. The highest BCUT2D eigenvalue weighted by molar-refractivity contribution is 8.00. The van der Waals surface area contributed by atoms with Crippen LogP contribution in [-0.2, 0) is 16.1 Å². The molecule has 1 amide bonds. The Bertz CT molecular complexity index is 871. The maximum Gasteiger partial charge on any atom is 0.262 e. The van der Waals surface area contributed by atoms with Crippen molar-refractivity contribution in [1.29, 1.82) is 0 Å². The standard InChI is InChI=1S/C21H31N3O3S/c1-14(2)27-13-9-12-24-19(26)16-10-7-8-11-17(16)22-20(24)28-15(3)18(25)23-21(4,5)6/h7-8,10-11,14-15H,9,12-13H2,1-6H3,(H,23,25). The average molecular weight is 406 g/mol. The molecule has 1 aromatic carbocycles. The number of para-hydroxylation sites is 1. The van der Waals surface area contributed by atoms with Crippen LogP contribution in [0.25, 0.3) is 10.9 Å². The summed E-state index contributed by atoms with van der Waals surface area (Å²) in [5, 5.41) is 3.76. The summed E-state index contributed by atoms with van der Waals surface area (Å²) in [7, 11) is 0. The summed E-state index contributed by atoms with van der Waals surface area (Å²) >= 11 is 1.31. The zero-order chi connectivity index (χ0) is 20.9. The number of carbonyl (C=O) groups excluding carboxylic acids is 1. The summed E-state index contributed by atoms with van der Waals surface area (Å²) in [4.78, 5) is 30.2. The predicted octanol–water partition coefficient (Wildman–Crippen LogP) is 3.61. The number of amides is 1. The minimum absolute atomic E-state index is 0.0744. The number of benzene rings is 1. The molecule has 0 aliphatic heterocycles. The molecule has 2 aromatic rings. The first-order valence-electron chi connectivity index (χ1n) is 9.68. The van der Waals surface area contributed by atoms with Crippen LogP contribution in [0, 0.1) is 0 Å². The predicted molar refractivity (Wildman–Crippen MR) is 115 cm³/mol. The SMILES string of the molecule is CC(C)OCCCn1c(SC(C)C(=O)NC(C)(C)C)nc2ccccc2c1=O. The lowest BCUT2D eigenvalue weighted by Crippen LogP contribution is -2.44. The van der Waals surface area contributed by atoms with E-state index in [0.717, 1.165) is 0 Å². The van der Waals surface area contributed by atoms with E-state index in [-0.39, 0.29) is 28.4 Å². The maximum atomic E-state index is 13.0. The summed E-state index contributed by atoms with van der Waals surface area (Å²) in [5.41, 5.74) is 0.255. The first-order valence-corrected chi connectivity index (χ1v) is 10.6. The largest absolute Gasteiger partial charge is 0.379 e. The normalized spacial score (nSPS) is 13.1. The number of thioether (sulfide) groups is 1. The summed E-state index contributed by atoms with van der Waals surface area (Å²) < 4.78 is 7.26. The molecule has 0 saturated heterocycles. The van der Waals surface area contributed by atoms with Gasteiger partial charge in [0.25, 0.3) is 5.56 Å². The van der Waals surface area contributed by atoms with E-state index in [1.165, 1.54) is 11.8 Å². The van der Waals surface area contributed by atoms with Crippen LogP contribution in [0.2, 0.25) is 0 Å². The van der Waals surface area contributed by atoms with Gasteiger partial charge < -0.3 is 10.1 Å². The van der Waals surface area contributed by atoms with Crippen LogP contribution in [-0.4, -0.2) is 39.0 Å². The van der Waals surface area contributed by atoms with E-state index in [2.05, 4.69) is 10.3 Å². The van der Waals surface area contributed by atoms with Crippen molar-refractivity contribution in [1.82, 2.24) is 14.9 Å². The van der Waals surface area contributed by atoms with Gasteiger partial charge in [0.2, 0.25) is 5.91 Å². The fraction of sp³-hybridized carbons (Fsp3) is 0.571. The summed E-state index contributed by atoms with van der Waals surface area (Å²) in [6.07, 6.45) is 0.857. The second kappa shape index (κ2) is 9.56. The Labute approximate surface area is 171 Å². The molecule has 0 saturated carbocycles. The fourth-order valence-corrected chi connectivity index (χ4v) is 3.59. The summed E-state index contributed by atoms with van der Waals surface area (Å²) in [5.74, 6) is -0.0744. The first kappa shape index (κ1) is 22.4. The van der Waals surface area contributed by atoms with Gasteiger partial charge >= 0.3 is 0 Å². The highest BCUT2D eigenvalue weighted by Gasteiger charge is 2.22. The van der Waals surface area contributed by atoms with Crippen molar-refractivity contribution < 1.29 is 9.53 Å². The molecule has 0 radical (unpaired) electrons. The van der Waals surface area contributed by atoms with Crippen molar-refractivity contribution in [2.24, 2.45) is 0 Å². The Balaban J connectivity index is 2.30. The minimum Gasteiger partial charge on any atom is -0.379 e. The molecule has 1 N–H and O–H groups in total. The Morgan fingerprint density at radius 3 is 2.57 bits per heavy atom. The molecule has 0 bridgehead atoms. The molecule has 0 spiro atoms. The molecule has 0 fully saturated rings. The number of nitrogens with zero attached hydrogens (tertiary/aromatic N) is 2. The van der Waals surface area contributed by atoms with Crippen LogP contribution >= 0.6 is 11.8 Å². The van der Waals surface area contributed by atoms with Crippen molar-refractivity contribution in [3.05, 3.63) is 34.6 Å². The molecular weight excluding hydrogens is 374 g/mol. The van der Waals surface area contributed by atoms with Crippen LogP contribution in [0.4, 0.5) is 0 Å². The highest BCUT2D eigenvalue weighted by Crippen LogP contribution is 2.23. The summed E-state index contributed by atoms with van der Waals surface area (Å²) in [6.45, 7) is 12.7. The second-order valence-corrected chi connectivity index (χ2v) is 9.45. The Morgan fingerprint density at radius 1 is 1.25 bits per heavy atom. The lowest BCUT2D eigenvalue weighted by atomic mass is 10.1. The summed E-state index contributed by atoms with van der Waals surface area (Å²) in [6, 6.07) is 7.31. The van der Waals surface area contributed by atoms with Crippen molar-refractivity contribution in [3.8, 4) is 0 Å². The van der Waals surface area contributed by atoms with E-state index in [1.807, 2.05) is 59.7 Å². The number of hydrogen-bond donors (Lipinski definition) is 1. The van der Waals surface area contributed by atoms with Gasteiger partial charge in [-0.15, -0.1) is 0 Å². The number of rotatable bonds is 8. The lowest BCUT2D eigenvalue weighted by molar-refractivity contribution is -0.121. The van der Waals surface area contributed by atoms with E-state index in [4.69, 9.17) is 4.74 Å². The fourth-order valence-electron chi connectivity index (χ4n) is 2.66. The molecule has 0 aliphatic rings. The third-order valence-corrected chi connectivity index (χ3v) is 5.04. The Morgan fingerprint density at radius 2 is 1.93 bits per heavy atom. The van der Waals surface area contributed by atoms with Gasteiger partial charge in [-0.2, -0.15) is 0 Å². The molecule has 0 aliphatic carbocycles. The monoisotopic (exact) mass is 405 g/mol. The average Bonchev–Trinajstić information content (AvgIpc) is 2.59. The van der Waals surface area contributed by atoms with Crippen LogP contribution in [0.5, 0.6) is 0 Å². The van der Waals surface area contributed by atoms with Crippen LogP contribution in [0.3, 0.4) is 0 Å². The molecule has 154 valence electrons. The molecule has 1 unspecified atom stereocenters. The molecule has 1 aromatic heterocycles. The second-order valence-electron chi connectivity index (χ2n) is 8.14. The molecule has 7 heteroatoms. The minimum atomic E-state index is -0.370. The molecule has 1 atom stereocenters. The molecule has 1 heterocycles. The number of aromatic nitrogens is 2. The van der Waals surface area contributed by atoms with E-state index in [9.17, 15) is 9.59 Å². The van der Waals surface area contributed by atoms with Gasteiger partial charge in [-0.3, -0.25) is 14.2 Å². The quantitative estimate of drug-likeness (QED) is 0.413. The first-order chi connectivity index (χ1) is 13.1. The van der Waals surface area contributed by atoms with Gasteiger partial charge in [0.1, 0.15) is 0 Å². The number of fused-ring (bicyclic) bond motifs is 1. The van der Waals surface area contributed by atoms with Crippen LogP contribution < -0.4 is 10.9 Å². The molecule has 2 rings (SSSR count). The maximum absolute atomic E-state index is 13.0. The van der Waals surface area contributed by atoms with Crippen molar-refractivity contribution in [3.63, 3.8) is 0 Å². The van der Waals surface area contributed by atoms with E-state index in [0.29, 0.717) is 35.6 Å². The number of nitrogens with one attached hydrogen (secondary N) is 1. The van der Waals surface area contributed by atoms with E-state index in [1.54, 1.807) is 10.6 Å². The number of hydrogen-bond acceptors (Lipinski definition) is 5. The molecule has 28 heavy (non-hydrogen) atoms. The van der Waals surface area contributed by atoms with E-state index < -0.39 is 0 Å². The smallest absolute Gasteiger partial charge is 0.262 e. The van der Waals surface area contributed by atoms with Gasteiger partial charge in [0.15, 0.2) is 5.16 Å². The van der Waals surface area contributed by atoms with Gasteiger partial charge in [-0.25, -0.2) is 4.98 Å². The topological polar surface area (TPSA) is 73.2 Å². The lowest BCUT2D eigenvalue weighted by Gasteiger charge is -2.23. The number of carbonyl (C=O) groups is 1. The van der Waals surface area contributed by atoms with Gasteiger partial charge in [-0.05, 0) is 60.1 Å².